The molecule has 1 saturated heterocycles. The molecule has 2 heterocycles. The average molecular weight is 418 g/mol. The monoisotopic (exact) mass is 417 g/mol. The van der Waals surface area contributed by atoms with Gasteiger partial charge in [-0.2, -0.15) is 4.99 Å². The van der Waals surface area contributed by atoms with E-state index in [1.54, 1.807) is 16.7 Å². The highest BCUT2D eigenvalue weighted by Crippen LogP contribution is 2.28. The van der Waals surface area contributed by atoms with Gasteiger partial charge in [-0.3, -0.25) is 9.59 Å². The van der Waals surface area contributed by atoms with Gasteiger partial charge in [0.15, 0.2) is 0 Å². The fraction of sp³-hybridized carbons (Fsp3) is 0.208. The summed E-state index contributed by atoms with van der Waals surface area (Å²) in [6, 6.07) is 23.5. The van der Waals surface area contributed by atoms with Crippen LogP contribution in [0.2, 0.25) is 0 Å². The minimum absolute atomic E-state index is 0.0352. The van der Waals surface area contributed by atoms with Crippen LogP contribution >= 0.6 is 11.8 Å². The molecule has 152 valence electrons. The van der Waals surface area contributed by atoms with Gasteiger partial charge in [0.05, 0.1) is 5.92 Å². The fourth-order valence-electron chi connectivity index (χ4n) is 3.59. The normalized spacial score (nSPS) is 16.8. The number of anilines is 1. The number of aromatic nitrogens is 1. The van der Waals surface area contributed by atoms with Gasteiger partial charge in [-0.05, 0) is 42.2 Å². The lowest BCUT2D eigenvalue weighted by Crippen LogP contribution is -2.27. The van der Waals surface area contributed by atoms with E-state index in [0.717, 1.165) is 16.1 Å². The molecule has 0 radical (unpaired) electrons. The Bertz CT molecular complexity index is 1120. The number of carbonyl (C=O) groups excluding carboxylic acids is 2. The zero-order valence-electron chi connectivity index (χ0n) is 16.8. The minimum Gasteiger partial charge on any atom is -0.328 e. The highest BCUT2D eigenvalue weighted by Gasteiger charge is 2.35. The lowest BCUT2D eigenvalue weighted by atomic mass is 10.1. The van der Waals surface area contributed by atoms with E-state index in [-0.39, 0.29) is 18.2 Å². The van der Waals surface area contributed by atoms with Crippen LogP contribution in [-0.2, 0) is 16.1 Å². The molecule has 1 aliphatic rings. The van der Waals surface area contributed by atoms with Gasteiger partial charge in [-0.1, -0.05) is 42.5 Å². The largest absolute Gasteiger partial charge is 0.328 e. The Hall–Kier alpha value is -3.12. The van der Waals surface area contributed by atoms with Gasteiger partial charge in [-0.15, -0.1) is 11.8 Å². The third kappa shape index (κ3) is 4.54. The Kier molecular flexibility index (Phi) is 6.14. The Morgan fingerprint density at radius 3 is 2.67 bits per heavy atom. The fourth-order valence-corrected chi connectivity index (χ4v) is 4.04. The van der Waals surface area contributed by atoms with Gasteiger partial charge >= 0.3 is 0 Å². The molecule has 30 heavy (non-hydrogen) atoms. The smallest absolute Gasteiger partial charge is 0.253 e. The van der Waals surface area contributed by atoms with E-state index >= 15 is 0 Å². The number of nitrogens with zero attached hydrogens (tertiary/aromatic N) is 3. The number of pyridine rings is 1. The van der Waals surface area contributed by atoms with Crippen molar-refractivity contribution in [2.45, 2.75) is 17.9 Å². The van der Waals surface area contributed by atoms with Crippen LogP contribution in [0.3, 0.4) is 0 Å². The predicted octanol–water partition coefficient (Wildman–Crippen LogP) is 3.74. The van der Waals surface area contributed by atoms with Crippen LogP contribution in [0.1, 0.15) is 12.0 Å². The number of hydrogen-bond donors (Lipinski definition) is 0. The molecule has 1 aliphatic heterocycles. The summed E-state index contributed by atoms with van der Waals surface area (Å²) < 4.78 is 1.95. The molecule has 1 fully saturated rings. The molecule has 0 spiro atoms. The van der Waals surface area contributed by atoms with Crippen molar-refractivity contribution in [2.24, 2.45) is 10.9 Å². The van der Waals surface area contributed by atoms with E-state index in [9.17, 15) is 9.59 Å². The second kappa shape index (κ2) is 9.13. The maximum atomic E-state index is 12.9. The molecule has 5 nitrogen and oxygen atoms in total. The highest BCUT2D eigenvalue weighted by molar-refractivity contribution is 7.98. The standard InChI is InChI=1S/C24H23N3O2S/c1-30-21-11-7-10-20(15-21)27-17-19(14-23(27)28)24(29)25-22-12-5-6-13-26(22)16-18-8-3-2-4-9-18/h2-13,15,19H,14,16-17H2,1H3. The molecular formula is C24H23N3O2S. The van der Waals surface area contributed by atoms with Crippen LogP contribution in [0.4, 0.5) is 5.69 Å². The topological polar surface area (TPSA) is 54.7 Å². The van der Waals surface area contributed by atoms with Crippen LogP contribution in [0.25, 0.3) is 0 Å². The summed E-state index contributed by atoms with van der Waals surface area (Å²) in [4.78, 5) is 32.6. The summed E-state index contributed by atoms with van der Waals surface area (Å²) >= 11 is 1.63. The summed E-state index contributed by atoms with van der Waals surface area (Å²) in [5.74, 6) is -0.715. The summed E-state index contributed by atoms with van der Waals surface area (Å²) in [6.45, 7) is 0.996. The molecule has 4 rings (SSSR count). The first kappa shape index (κ1) is 20.2. The van der Waals surface area contributed by atoms with E-state index in [0.29, 0.717) is 18.6 Å². The summed E-state index contributed by atoms with van der Waals surface area (Å²) in [7, 11) is 0. The summed E-state index contributed by atoms with van der Waals surface area (Å²) in [6.07, 6.45) is 4.11. The SMILES string of the molecule is CSc1cccc(N2CC(C(=O)N=c3ccccn3Cc3ccccc3)CC2=O)c1. The molecule has 6 heteroatoms. The molecule has 2 aromatic carbocycles. The van der Waals surface area contributed by atoms with Crippen molar-refractivity contribution in [2.75, 3.05) is 17.7 Å². The average Bonchev–Trinajstić information content (AvgIpc) is 3.18. The van der Waals surface area contributed by atoms with Gasteiger partial charge < -0.3 is 9.47 Å². The van der Waals surface area contributed by atoms with Crippen LogP contribution in [0, 0.1) is 5.92 Å². The first-order chi connectivity index (χ1) is 14.6. The lowest BCUT2D eigenvalue weighted by Gasteiger charge is -2.16. The van der Waals surface area contributed by atoms with Crippen molar-refractivity contribution < 1.29 is 9.59 Å². The van der Waals surface area contributed by atoms with Crippen molar-refractivity contribution in [1.29, 1.82) is 0 Å². The Morgan fingerprint density at radius 1 is 1.07 bits per heavy atom. The van der Waals surface area contributed by atoms with Crippen LogP contribution in [0.5, 0.6) is 0 Å². The number of hydrogen-bond acceptors (Lipinski definition) is 3. The molecule has 2 amide bonds. The number of rotatable bonds is 5. The van der Waals surface area contributed by atoms with E-state index in [2.05, 4.69) is 4.99 Å². The van der Waals surface area contributed by atoms with Gasteiger partial charge in [0.2, 0.25) is 5.91 Å². The molecule has 0 saturated carbocycles. The molecule has 0 aliphatic carbocycles. The van der Waals surface area contributed by atoms with Crippen LogP contribution < -0.4 is 10.4 Å². The maximum absolute atomic E-state index is 12.9. The first-order valence-corrected chi connectivity index (χ1v) is 11.1. The van der Waals surface area contributed by atoms with Crippen molar-refractivity contribution in [3.05, 3.63) is 90.0 Å². The van der Waals surface area contributed by atoms with Gasteiger partial charge in [0.25, 0.3) is 5.91 Å². The molecule has 3 aromatic rings. The predicted molar refractivity (Wildman–Crippen MR) is 119 cm³/mol. The number of amides is 2. The minimum atomic E-state index is -0.430. The molecule has 1 atom stereocenters. The Labute approximate surface area is 180 Å². The van der Waals surface area contributed by atoms with E-state index in [1.807, 2.05) is 89.8 Å². The van der Waals surface area contributed by atoms with Crippen molar-refractivity contribution in [1.82, 2.24) is 4.57 Å². The molecule has 0 bridgehead atoms. The number of thioether (sulfide) groups is 1. The molecule has 1 aromatic heterocycles. The van der Waals surface area contributed by atoms with E-state index < -0.39 is 5.92 Å². The quantitative estimate of drug-likeness (QED) is 0.595. The van der Waals surface area contributed by atoms with Crippen LogP contribution in [-0.4, -0.2) is 29.2 Å². The van der Waals surface area contributed by atoms with E-state index in [1.165, 1.54) is 0 Å². The maximum Gasteiger partial charge on any atom is 0.253 e. The summed E-state index contributed by atoms with van der Waals surface area (Å²) in [5.41, 5.74) is 2.57. The van der Waals surface area contributed by atoms with Crippen molar-refractivity contribution in [3.8, 4) is 0 Å². The third-order valence-electron chi connectivity index (χ3n) is 5.18. The van der Waals surface area contributed by atoms with E-state index in [4.69, 9.17) is 0 Å². The first-order valence-electron chi connectivity index (χ1n) is 9.86. The second-order valence-corrected chi connectivity index (χ2v) is 8.11. The number of carbonyl (C=O) groups is 2. The highest BCUT2D eigenvalue weighted by atomic mass is 32.2. The molecular weight excluding hydrogens is 394 g/mol. The van der Waals surface area contributed by atoms with Gasteiger partial charge in [0, 0.05) is 36.3 Å². The van der Waals surface area contributed by atoms with Gasteiger partial charge in [0.1, 0.15) is 5.49 Å². The number of benzene rings is 2. The lowest BCUT2D eigenvalue weighted by molar-refractivity contribution is -0.123. The Balaban J connectivity index is 1.54. The summed E-state index contributed by atoms with van der Waals surface area (Å²) in [5, 5.41) is 0. The van der Waals surface area contributed by atoms with Crippen molar-refractivity contribution in [3.63, 3.8) is 0 Å². The van der Waals surface area contributed by atoms with Crippen molar-refractivity contribution >= 4 is 29.3 Å². The zero-order chi connectivity index (χ0) is 20.9. The third-order valence-corrected chi connectivity index (χ3v) is 5.90. The molecule has 1 unspecified atom stereocenters. The second-order valence-electron chi connectivity index (χ2n) is 7.23. The molecule has 0 N–H and O–H groups in total. The van der Waals surface area contributed by atoms with Crippen LogP contribution in [0.15, 0.2) is 88.9 Å². The Morgan fingerprint density at radius 2 is 1.87 bits per heavy atom. The van der Waals surface area contributed by atoms with Gasteiger partial charge in [-0.25, -0.2) is 0 Å². The zero-order valence-corrected chi connectivity index (χ0v) is 17.6.